The SMILES string of the molecule is CN1NCCc2ccc(F)cc21.Cl.Cl. The zero-order valence-corrected chi connectivity index (χ0v) is 9.42. The molecular formula is C9H13Cl2FN2. The van der Waals surface area contributed by atoms with E-state index in [1.165, 1.54) is 11.6 Å². The predicted octanol–water partition coefficient (Wildman–Crippen LogP) is 2.17. The van der Waals surface area contributed by atoms with Crippen molar-refractivity contribution in [2.75, 3.05) is 18.6 Å². The van der Waals surface area contributed by atoms with Crippen LogP contribution in [0.15, 0.2) is 18.2 Å². The zero-order chi connectivity index (χ0) is 8.55. The fourth-order valence-corrected chi connectivity index (χ4v) is 1.50. The van der Waals surface area contributed by atoms with E-state index in [0.717, 1.165) is 18.7 Å². The summed E-state index contributed by atoms with van der Waals surface area (Å²) in [5, 5.41) is 1.86. The van der Waals surface area contributed by atoms with Gasteiger partial charge in [0.1, 0.15) is 5.82 Å². The van der Waals surface area contributed by atoms with Gasteiger partial charge in [0.2, 0.25) is 0 Å². The van der Waals surface area contributed by atoms with Crippen molar-refractivity contribution >= 4 is 30.5 Å². The monoisotopic (exact) mass is 238 g/mol. The fraction of sp³-hybridized carbons (Fsp3) is 0.333. The van der Waals surface area contributed by atoms with Crippen molar-refractivity contribution in [1.29, 1.82) is 0 Å². The smallest absolute Gasteiger partial charge is 0.125 e. The maximum absolute atomic E-state index is 12.8. The van der Waals surface area contributed by atoms with E-state index in [9.17, 15) is 4.39 Å². The maximum atomic E-state index is 12.8. The van der Waals surface area contributed by atoms with Crippen LogP contribution in [-0.2, 0) is 6.42 Å². The van der Waals surface area contributed by atoms with Crippen LogP contribution in [0.3, 0.4) is 0 Å². The molecule has 0 fully saturated rings. The minimum Gasteiger partial charge on any atom is -0.311 e. The normalized spacial score (nSPS) is 13.7. The van der Waals surface area contributed by atoms with Gasteiger partial charge >= 0.3 is 0 Å². The Bertz CT molecular complexity index is 307. The third-order valence-electron chi connectivity index (χ3n) is 2.15. The molecule has 0 amide bonds. The Kier molecular flexibility index (Phi) is 5.19. The van der Waals surface area contributed by atoms with Gasteiger partial charge in [0, 0.05) is 13.6 Å². The number of hydrogen-bond donors (Lipinski definition) is 1. The van der Waals surface area contributed by atoms with Crippen molar-refractivity contribution in [3.05, 3.63) is 29.6 Å². The molecule has 0 bridgehead atoms. The van der Waals surface area contributed by atoms with Gasteiger partial charge in [0.05, 0.1) is 5.69 Å². The van der Waals surface area contributed by atoms with Crippen LogP contribution >= 0.6 is 24.8 Å². The fourth-order valence-electron chi connectivity index (χ4n) is 1.50. The Hall–Kier alpha value is -0.510. The maximum Gasteiger partial charge on any atom is 0.125 e. The van der Waals surface area contributed by atoms with Crippen LogP contribution in [-0.4, -0.2) is 13.6 Å². The van der Waals surface area contributed by atoms with Crippen LogP contribution in [0.2, 0.25) is 0 Å². The third kappa shape index (κ3) is 2.50. The topological polar surface area (TPSA) is 15.3 Å². The second kappa shape index (κ2) is 5.39. The highest BCUT2D eigenvalue weighted by Crippen LogP contribution is 2.22. The van der Waals surface area contributed by atoms with Crippen molar-refractivity contribution < 1.29 is 4.39 Å². The standard InChI is InChI=1S/C9H11FN2.2ClH/c1-12-9-6-8(10)3-2-7(9)4-5-11-12;;/h2-3,6,11H,4-5H2,1H3;2*1H. The Balaban J connectivity index is 0.000000845. The van der Waals surface area contributed by atoms with Gasteiger partial charge in [-0.2, -0.15) is 0 Å². The highest BCUT2D eigenvalue weighted by molar-refractivity contribution is 5.85. The lowest BCUT2D eigenvalue weighted by atomic mass is 10.1. The second-order valence-electron chi connectivity index (χ2n) is 2.99. The van der Waals surface area contributed by atoms with Crippen LogP contribution in [0.25, 0.3) is 0 Å². The molecule has 1 aliphatic heterocycles. The van der Waals surface area contributed by atoms with Gasteiger partial charge in [-0.25, -0.2) is 9.82 Å². The number of halogens is 3. The largest absolute Gasteiger partial charge is 0.311 e. The number of rotatable bonds is 0. The van der Waals surface area contributed by atoms with E-state index in [-0.39, 0.29) is 30.6 Å². The van der Waals surface area contributed by atoms with Crippen LogP contribution < -0.4 is 10.4 Å². The molecule has 80 valence electrons. The highest BCUT2D eigenvalue weighted by atomic mass is 35.5. The van der Waals surface area contributed by atoms with Crippen molar-refractivity contribution in [3.8, 4) is 0 Å². The van der Waals surface area contributed by atoms with Crippen molar-refractivity contribution in [2.24, 2.45) is 0 Å². The number of fused-ring (bicyclic) bond motifs is 1. The van der Waals surface area contributed by atoms with Crippen LogP contribution in [0.5, 0.6) is 0 Å². The molecule has 0 spiro atoms. The van der Waals surface area contributed by atoms with Gasteiger partial charge in [-0.3, -0.25) is 0 Å². The molecule has 0 saturated heterocycles. The summed E-state index contributed by atoms with van der Waals surface area (Å²) in [6.45, 7) is 0.926. The first kappa shape index (κ1) is 13.5. The van der Waals surface area contributed by atoms with E-state index < -0.39 is 0 Å². The van der Waals surface area contributed by atoms with Gasteiger partial charge in [0.25, 0.3) is 0 Å². The summed E-state index contributed by atoms with van der Waals surface area (Å²) >= 11 is 0. The second-order valence-corrected chi connectivity index (χ2v) is 2.99. The van der Waals surface area contributed by atoms with Crippen LogP contribution in [0, 0.1) is 5.82 Å². The highest BCUT2D eigenvalue weighted by Gasteiger charge is 2.12. The van der Waals surface area contributed by atoms with Crippen LogP contribution in [0.4, 0.5) is 10.1 Å². The zero-order valence-electron chi connectivity index (χ0n) is 7.79. The molecule has 14 heavy (non-hydrogen) atoms. The first-order valence-corrected chi connectivity index (χ1v) is 4.03. The van der Waals surface area contributed by atoms with E-state index in [1.807, 2.05) is 18.1 Å². The van der Waals surface area contributed by atoms with Crippen molar-refractivity contribution in [3.63, 3.8) is 0 Å². The molecular weight excluding hydrogens is 226 g/mol. The molecule has 1 heterocycles. The van der Waals surface area contributed by atoms with Crippen LogP contribution in [0.1, 0.15) is 5.56 Å². The molecule has 1 N–H and O–H groups in total. The summed E-state index contributed by atoms with van der Waals surface area (Å²) in [5.41, 5.74) is 5.28. The lowest BCUT2D eigenvalue weighted by molar-refractivity contribution is 0.608. The first-order valence-electron chi connectivity index (χ1n) is 4.03. The molecule has 0 aromatic heterocycles. The molecule has 0 saturated carbocycles. The molecule has 2 rings (SSSR count). The van der Waals surface area contributed by atoms with E-state index in [0.29, 0.717) is 0 Å². The summed E-state index contributed by atoms with van der Waals surface area (Å²) in [4.78, 5) is 0. The molecule has 0 radical (unpaired) electrons. The summed E-state index contributed by atoms with van der Waals surface area (Å²) < 4.78 is 12.8. The number of hydrazine groups is 1. The minimum atomic E-state index is -0.177. The third-order valence-corrected chi connectivity index (χ3v) is 2.15. The Morgan fingerprint density at radius 1 is 1.36 bits per heavy atom. The molecule has 0 aliphatic carbocycles. The van der Waals surface area contributed by atoms with Gasteiger partial charge in [-0.05, 0) is 24.1 Å². The summed E-state index contributed by atoms with van der Waals surface area (Å²) in [6, 6.07) is 4.92. The van der Waals surface area contributed by atoms with Gasteiger partial charge < -0.3 is 5.01 Å². The van der Waals surface area contributed by atoms with Gasteiger partial charge in [-0.1, -0.05) is 6.07 Å². The average molecular weight is 239 g/mol. The molecule has 1 aromatic carbocycles. The number of benzene rings is 1. The Morgan fingerprint density at radius 3 is 2.79 bits per heavy atom. The number of hydrogen-bond acceptors (Lipinski definition) is 2. The Morgan fingerprint density at radius 2 is 2.07 bits per heavy atom. The summed E-state index contributed by atoms with van der Waals surface area (Å²) in [7, 11) is 1.90. The molecule has 1 aromatic rings. The van der Waals surface area contributed by atoms with E-state index in [2.05, 4.69) is 5.43 Å². The molecule has 2 nitrogen and oxygen atoms in total. The average Bonchev–Trinajstić information content (AvgIpc) is 2.07. The predicted molar refractivity (Wildman–Crippen MR) is 61.0 cm³/mol. The van der Waals surface area contributed by atoms with E-state index >= 15 is 0 Å². The van der Waals surface area contributed by atoms with Gasteiger partial charge in [0.15, 0.2) is 0 Å². The summed E-state index contributed by atoms with van der Waals surface area (Å²) in [6.07, 6.45) is 0.972. The van der Waals surface area contributed by atoms with Gasteiger partial charge in [-0.15, -0.1) is 24.8 Å². The molecule has 0 unspecified atom stereocenters. The molecule has 1 aliphatic rings. The quantitative estimate of drug-likeness (QED) is 0.746. The lowest BCUT2D eigenvalue weighted by Crippen LogP contribution is -2.40. The Labute approximate surface area is 95.3 Å². The van der Waals surface area contributed by atoms with Crippen molar-refractivity contribution in [1.82, 2.24) is 5.43 Å². The number of nitrogens with one attached hydrogen (secondary N) is 1. The number of anilines is 1. The lowest BCUT2D eigenvalue weighted by Gasteiger charge is -2.28. The molecule has 5 heteroatoms. The van der Waals surface area contributed by atoms with Crippen molar-refractivity contribution in [2.45, 2.75) is 6.42 Å². The minimum absolute atomic E-state index is 0. The first-order chi connectivity index (χ1) is 5.77. The van der Waals surface area contributed by atoms with E-state index in [4.69, 9.17) is 0 Å². The van der Waals surface area contributed by atoms with E-state index in [1.54, 1.807) is 6.07 Å². The molecule has 0 atom stereocenters. The summed E-state index contributed by atoms with van der Waals surface area (Å²) in [5.74, 6) is -0.177. The number of nitrogens with zero attached hydrogens (tertiary/aromatic N) is 1.